The van der Waals surface area contributed by atoms with Crippen LogP contribution in [0.3, 0.4) is 0 Å². The quantitative estimate of drug-likeness (QED) is 0.411. The summed E-state index contributed by atoms with van der Waals surface area (Å²) in [4.78, 5) is 0. The van der Waals surface area contributed by atoms with E-state index in [1.54, 1.807) is 0 Å². The summed E-state index contributed by atoms with van der Waals surface area (Å²) >= 11 is 0. The van der Waals surface area contributed by atoms with Crippen LogP contribution in [0.4, 0.5) is 0 Å². The van der Waals surface area contributed by atoms with Gasteiger partial charge in [0.1, 0.15) is 0 Å². The van der Waals surface area contributed by atoms with Gasteiger partial charge in [-0.2, -0.15) is 0 Å². The highest BCUT2D eigenvalue weighted by Gasteiger charge is 1.96. The summed E-state index contributed by atoms with van der Waals surface area (Å²) in [5.74, 6) is 0.704. The van der Waals surface area contributed by atoms with Crippen molar-refractivity contribution in [1.29, 1.82) is 0 Å². The molecular weight excluding hydrogens is 76.1 g/mol. The monoisotopic (exact) mass is 83.1 g/mol. The van der Waals surface area contributed by atoms with Crippen molar-refractivity contribution in [2.45, 2.75) is 0 Å². The Balaban J connectivity index is 2.37. The average Bonchev–Trinajstić information content (AvgIpc) is 1.86. The topological polar surface area (TPSA) is 24.1 Å². The first kappa shape index (κ1) is 3.53. The number of nitrogens with one attached hydrogen (secondary N) is 2. The SMILES string of the molecule is [CH]=C1NCCN1. The second-order valence-electron chi connectivity index (χ2n) is 1.27. The fraction of sp³-hybridized carbons (Fsp3) is 0.500. The summed E-state index contributed by atoms with van der Waals surface area (Å²) in [6.07, 6.45) is 0. The van der Waals surface area contributed by atoms with Crippen LogP contribution in [0.25, 0.3) is 0 Å². The fourth-order valence-electron chi connectivity index (χ4n) is 0.457. The molecule has 0 unspecified atom stereocenters. The van der Waals surface area contributed by atoms with Crippen LogP contribution in [-0.2, 0) is 0 Å². The van der Waals surface area contributed by atoms with Gasteiger partial charge >= 0.3 is 0 Å². The molecule has 1 heterocycles. The van der Waals surface area contributed by atoms with Crippen LogP contribution >= 0.6 is 0 Å². The maximum atomic E-state index is 5.23. The number of rotatable bonds is 0. The second-order valence-corrected chi connectivity index (χ2v) is 1.27. The zero-order chi connectivity index (χ0) is 4.41. The molecule has 0 amide bonds. The Labute approximate surface area is 37.2 Å². The molecule has 0 aromatic heterocycles. The lowest BCUT2D eigenvalue weighted by atomic mass is 10.7. The molecule has 1 fully saturated rings. The zero-order valence-corrected chi connectivity index (χ0v) is 3.49. The van der Waals surface area contributed by atoms with Gasteiger partial charge in [0.2, 0.25) is 0 Å². The molecule has 1 radical (unpaired) electrons. The third kappa shape index (κ3) is 0.455. The Bertz CT molecular complexity index is 59.9. The highest BCUT2D eigenvalue weighted by molar-refractivity contribution is 4.90. The molecule has 0 spiro atoms. The van der Waals surface area contributed by atoms with Gasteiger partial charge in [-0.05, 0) is 6.58 Å². The van der Waals surface area contributed by atoms with Crippen molar-refractivity contribution < 1.29 is 0 Å². The van der Waals surface area contributed by atoms with E-state index in [1.165, 1.54) is 0 Å². The minimum Gasteiger partial charge on any atom is -0.370 e. The normalized spacial score (nSPS) is 19.7. The van der Waals surface area contributed by atoms with Crippen molar-refractivity contribution in [2.75, 3.05) is 13.1 Å². The Hall–Kier alpha value is -0.660. The van der Waals surface area contributed by atoms with E-state index in [1.807, 2.05) is 0 Å². The molecule has 1 saturated heterocycles. The molecule has 1 rings (SSSR count). The van der Waals surface area contributed by atoms with E-state index in [4.69, 9.17) is 6.58 Å². The maximum Gasteiger partial charge on any atom is 0.0989 e. The minimum atomic E-state index is 0.704. The van der Waals surface area contributed by atoms with E-state index in [-0.39, 0.29) is 0 Å². The molecule has 1 aliphatic rings. The van der Waals surface area contributed by atoms with Crippen LogP contribution in [0, 0.1) is 6.58 Å². The van der Waals surface area contributed by atoms with Crippen LogP contribution in [0.15, 0.2) is 5.82 Å². The molecule has 33 valence electrons. The van der Waals surface area contributed by atoms with Crippen LogP contribution in [0.1, 0.15) is 0 Å². The highest BCUT2D eigenvalue weighted by atomic mass is 15.1. The lowest BCUT2D eigenvalue weighted by molar-refractivity contribution is 0.942. The van der Waals surface area contributed by atoms with Gasteiger partial charge in [0.25, 0.3) is 0 Å². The Kier molecular flexibility index (Phi) is 0.708. The summed E-state index contributed by atoms with van der Waals surface area (Å²) in [7, 11) is 0. The standard InChI is InChI=1S/C4H7N2/c1-4-5-2-3-6-4/h1,5-6H,2-3H2. The molecule has 0 aliphatic carbocycles. The average molecular weight is 83.1 g/mol. The van der Waals surface area contributed by atoms with E-state index >= 15 is 0 Å². The van der Waals surface area contributed by atoms with Crippen molar-refractivity contribution >= 4 is 0 Å². The van der Waals surface area contributed by atoms with Crippen LogP contribution < -0.4 is 10.6 Å². The molecule has 6 heavy (non-hydrogen) atoms. The molecule has 2 nitrogen and oxygen atoms in total. The van der Waals surface area contributed by atoms with Crippen molar-refractivity contribution in [3.05, 3.63) is 12.4 Å². The predicted molar refractivity (Wildman–Crippen MR) is 23.8 cm³/mol. The van der Waals surface area contributed by atoms with Crippen molar-refractivity contribution in [2.24, 2.45) is 0 Å². The number of hydrogen-bond donors (Lipinski definition) is 2. The largest absolute Gasteiger partial charge is 0.370 e. The Morgan fingerprint density at radius 1 is 1.33 bits per heavy atom. The van der Waals surface area contributed by atoms with E-state index < -0.39 is 0 Å². The first-order valence-corrected chi connectivity index (χ1v) is 2.00. The van der Waals surface area contributed by atoms with E-state index in [0.717, 1.165) is 13.1 Å². The van der Waals surface area contributed by atoms with Crippen LogP contribution in [0.5, 0.6) is 0 Å². The first-order chi connectivity index (χ1) is 2.89. The van der Waals surface area contributed by atoms with Crippen molar-refractivity contribution in [3.8, 4) is 0 Å². The molecule has 0 bridgehead atoms. The van der Waals surface area contributed by atoms with Gasteiger partial charge in [-0.25, -0.2) is 0 Å². The summed E-state index contributed by atoms with van der Waals surface area (Å²) in [6, 6.07) is 0. The highest BCUT2D eigenvalue weighted by Crippen LogP contribution is 1.79. The number of hydrogen-bond acceptors (Lipinski definition) is 2. The van der Waals surface area contributed by atoms with Crippen molar-refractivity contribution in [3.63, 3.8) is 0 Å². The second kappa shape index (κ2) is 1.20. The molecular formula is C4H7N2. The molecule has 2 heteroatoms. The van der Waals surface area contributed by atoms with Gasteiger partial charge in [-0.3, -0.25) is 0 Å². The lowest BCUT2D eigenvalue weighted by Gasteiger charge is -1.88. The summed E-state index contributed by atoms with van der Waals surface area (Å²) in [5, 5.41) is 5.81. The fourth-order valence-corrected chi connectivity index (χ4v) is 0.457. The summed E-state index contributed by atoms with van der Waals surface area (Å²) in [5.41, 5.74) is 0. The Morgan fingerprint density at radius 3 is 2.00 bits per heavy atom. The molecule has 0 aromatic rings. The van der Waals surface area contributed by atoms with E-state index in [2.05, 4.69) is 10.6 Å². The maximum absolute atomic E-state index is 5.23. The molecule has 0 saturated carbocycles. The third-order valence-electron chi connectivity index (χ3n) is 0.756. The van der Waals surface area contributed by atoms with Crippen LogP contribution in [-0.4, -0.2) is 13.1 Å². The first-order valence-electron chi connectivity index (χ1n) is 2.00. The van der Waals surface area contributed by atoms with Crippen molar-refractivity contribution in [1.82, 2.24) is 10.6 Å². The molecule has 1 aliphatic heterocycles. The van der Waals surface area contributed by atoms with Crippen LogP contribution in [0.2, 0.25) is 0 Å². The summed E-state index contributed by atoms with van der Waals surface area (Å²) in [6.45, 7) is 7.16. The van der Waals surface area contributed by atoms with Gasteiger partial charge in [0, 0.05) is 13.1 Å². The van der Waals surface area contributed by atoms with Gasteiger partial charge in [0.05, 0.1) is 5.82 Å². The van der Waals surface area contributed by atoms with E-state index in [9.17, 15) is 0 Å². The summed E-state index contributed by atoms with van der Waals surface area (Å²) < 4.78 is 0. The van der Waals surface area contributed by atoms with Gasteiger partial charge in [0.15, 0.2) is 0 Å². The lowest BCUT2D eigenvalue weighted by Crippen LogP contribution is -2.06. The van der Waals surface area contributed by atoms with Gasteiger partial charge in [-0.1, -0.05) is 0 Å². The third-order valence-corrected chi connectivity index (χ3v) is 0.756. The predicted octanol–water partition coefficient (Wildman–Crippen LogP) is -0.546. The zero-order valence-electron chi connectivity index (χ0n) is 3.49. The van der Waals surface area contributed by atoms with Gasteiger partial charge in [-0.15, -0.1) is 0 Å². The smallest absolute Gasteiger partial charge is 0.0989 e. The molecule has 0 aromatic carbocycles. The van der Waals surface area contributed by atoms with Gasteiger partial charge < -0.3 is 10.6 Å². The molecule has 2 N–H and O–H groups in total. The minimum absolute atomic E-state index is 0.704. The van der Waals surface area contributed by atoms with E-state index in [0.29, 0.717) is 5.82 Å². The molecule has 0 atom stereocenters. The Morgan fingerprint density at radius 2 is 1.83 bits per heavy atom.